The third-order valence-electron chi connectivity index (χ3n) is 4.24. The fourth-order valence-electron chi connectivity index (χ4n) is 2.55. The van der Waals surface area contributed by atoms with Gasteiger partial charge in [0.05, 0.1) is 6.10 Å². The van der Waals surface area contributed by atoms with E-state index in [4.69, 9.17) is 5.73 Å². The van der Waals surface area contributed by atoms with Gasteiger partial charge in [0.25, 0.3) is 0 Å². The van der Waals surface area contributed by atoms with E-state index in [1.807, 2.05) is 42.5 Å². The predicted molar refractivity (Wildman–Crippen MR) is 96.8 cm³/mol. The zero-order valence-corrected chi connectivity index (χ0v) is 14.3. The Bertz CT molecular complexity index is 651. The summed E-state index contributed by atoms with van der Waals surface area (Å²) in [6.45, 7) is 4.77. The highest BCUT2D eigenvalue weighted by atomic mass is 16.3. The smallest absolute Gasteiger partial charge is 0.248 e. The average molecular weight is 326 g/mol. The lowest BCUT2D eigenvalue weighted by Gasteiger charge is -2.28. The molecule has 24 heavy (non-hydrogen) atoms. The Balaban J connectivity index is 1.83. The topological polar surface area (TPSA) is 75.4 Å². The van der Waals surface area contributed by atoms with Crippen molar-refractivity contribution in [2.24, 2.45) is 5.73 Å². The number of amides is 1. The maximum atomic E-state index is 11.1. The van der Waals surface area contributed by atoms with Crippen molar-refractivity contribution in [1.82, 2.24) is 5.32 Å². The summed E-state index contributed by atoms with van der Waals surface area (Å²) in [4.78, 5) is 11.1. The third-order valence-corrected chi connectivity index (χ3v) is 4.24. The number of aliphatic hydroxyl groups is 1. The Morgan fingerprint density at radius 1 is 1.12 bits per heavy atom. The molecule has 0 saturated carbocycles. The number of rotatable bonds is 8. The van der Waals surface area contributed by atoms with Gasteiger partial charge in [0.2, 0.25) is 5.91 Å². The molecule has 0 saturated heterocycles. The molecule has 4 nitrogen and oxygen atoms in total. The number of aliphatic hydroxyl groups excluding tert-OH is 1. The lowest BCUT2D eigenvalue weighted by atomic mass is 9.94. The first-order chi connectivity index (χ1) is 11.4. The number of nitrogens with two attached hydrogens (primary N) is 1. The van der Waals surface area contributed by atoms with E-state index in [1.54, 1.807) is 12.1 Å². The van der Waals surface area contributed by atoms with Gasteiger partial charge in [0.1, 0.15) is 0 Å². The van der Waals surface area contributed by atoms with Crippen molar-refractivity contribution >= 4 is 5.91 Å². The number of β-amino-alcohol motifs (C(OH)–C–C–N with tert-alkyl or cyclic N) is 1. The van der Waals surface area contributed by atoms with Gasteiger partial charge in [-0.2, -0.15) is 0 Å². The Labute approximate surface area is 143 Å². The molecule has 0 heterocycles. The van der Waals surface area contributed by atoms with Crippen LogP contribution in [-0.4, -0.2) is 23.1 Å². The molecule has 1 atom stereocenters. The lowest BCUT2D eigenvalue weighted by Crippen LogP contribution is -2.41. The number of carbonyl (C=O) groups excluding carboxylic acids is 1. The van der Waals surface area contributed by atoms with Gasteiger partial charge < -0.3 is 16.2 Å². The van der Waals surface area contributed by atoms with Crippen LogP contribution in [0.15, 0.2) is 54.6 Å². The summed E-state index contributed by atoms with van der Waals surface area (Å²) in [5, 5.41) is 13.7. The van der Waals surface area contributed by atoms with Crippen molar-refractivity contribution in [1.29, 1.82) is 0 Å². The normalized spacial score (nSPS) is 12.8. The molecule has 0 aliphatic carbocycles. The van der Waals surface area contributed by atoms with E-state index in [2.05, 4.69) is 19.2 Å². The molecule has 0 bridgehead atoms. The van der Waals surface area contributed by atoms with E-state index in [1.165, 1.54) is 5.56 Å². The molecular formula is C20H26N2O2. The average Bonchev–Trinajstić information content (AvgIpc) is 2.59. The molecule has 2 aromatic carbocycles. The SMILES string of the molecule is CC(C)(CCc1ccc(C(N)=O)cc1)NCC(O)c1ccccc1. The van der Waals surface area contributed by atoms with Crippen molar-refractivity contribution in [3.8, 4) is 0 Å². The molecule has 4 heteroatoms. The standard InChI is InChI=1S/C20H26N2O2/c1-20(2,22-14-18(23)16-6-4-3-5-7-16)13-12-15-8-10-17(11-9-15)19(21)24/h3-11,18,22-23H,12-14H2,1-2H3,(H2,21,24). The monoisotopic (exact) mass is 326 g/mol. The molecule has 0 fully saturated rings. The zero-order chi connectivity index (χ0) is 17.6. The number of carbonyl (C=O) groups is 1. The molecule has 1 unspecified atom stereocenters. The first-order valence-electron chi connectivity index (χ1n) is 8.24. The Kier molecular flexibility index (Phi) is 6.12. The van der Waals surface area contributed by atoms with Crippen LogP contribution in [0.1, 0.15) is 47.9 Å². The Hall–Kier alpha value is -2.17. The van der Waals surface area contributed by atoms with Crippen LogP contribution in [0.5, 0.6) is 0 Å². The van der Waals surface area contributed by atoms with Gasteiger partial charge in [-0.1, -0.05) is 42.5 Å². The van der Waals surface area contributed by atoms with Crippen LogP contribution in [0.3, 0.4) is 0 Å². The number of hydrogen-bond donors (Lipinski definition) is 3. The number of nitrogens with one attached hydrogen (secondary N) is 1. The maximum Gasteiger partial charge on any atom is 0.248 e. The van der Waals surface area contributed by atoms with Crippen molar-refractivity contribution in [2.75, 3.05) is 6.54 Å². The van der Waals surface area contributed by atoms with Crippen LogP contribution >= 0.6 is 0 Å². The van der Waals surface area contributed by atoms with Gasteiger partial charge in [-0.3, -0.25) is 4.79 Å². The molecule has 4 N–H and O–H groups in total. The van der Waals surface area contributed by atoms with Crippen LogP contribution in [0.4, 0.5) is 0 Å². The first kappa shape index (κ1) is 18.2. The van der Waals surface area contributed by atoms with Crippen molar-refractivity contribution in [3.63, 3.8) is 0 Å². The molecule has 0 aromatic heterocycles. The number of primary amides is 1. The number of aryl methyl sites for hydroxylation is 1. The molecular weight excluding hydrogens is 300 g/mol. The minimum atomic E-state index is -0.514. The summed E-state index contributed by atoms with van der Waals surface area (Å²) in [5.41, 5.74) is 7.77. The van der Waals surface area contributed by atoms with E-state index in [9.17, 15) is 9.90 Å². The third kappa shape index (κ3) is 5.48. The van der Waals surface area contributed by atoms with Gasteiger partial charge in [-0.25, -0.2) is 0 Å². The van der Waals surface area contributed by atoms with Gasteiger partial charge in [0.15, 0.2) is 0 Å². The van der Waals surface area contributed by atoms with E-state index in [-0.39, 0.29) is 5.54 Å². The van der Waals surface area contributed by atoms with Gasteiger partial charge in [-0.15, -0.1) is 0 Å². The van der Waals surface area contributed by atoms with E-state index in [0.29, 0.717) is 12.1 Å². The van der Waals surface area contributed by atoms with E-state index < -0.39 is 12.0 Å². The summed E-state index contributed by atoms with van der Waals surface area (Å²) in [6, 6.07) is 17.1. The molecule has 0 radical (unpaired) electrons. The molecule has 0 spiro atoms. The summed E-state index contributed by atoms with van der Waals surface area (Å²) in [7, 11) is 0. The van der Waals surface area contributed by atoms with Crippen LogP contribution in [-0.2, 0) is 6.42 Å². The minimum absolute atomic E-state index is 0.0991. The van der Waals surface area contributed by atoms with Crippen LogP contribution in [0.25, 0.3) is 0 Å². The highest BCUT2D eigenvalue weighted by molar-refractivity contribution is 5.92. The number of hydrogen-bond acceptors (Lipinski definition) is 3. The molecule has 1 amide bonds. The van der Waals surface area contributed by atoms with Gasteiger partial charge in [-0.05, 0) is 49.9 Å². The van der Waals surface area contributed by atoms with E-state index >= 15 is 0 Å². The van der Waals surface area contributed by atoms with Crippen molar-refractivity contribution in [2.45, 2.75) is 38.3 Å². The fourth-order valence-corrected chi connectivity index (χ4v) is 2.55. The summed E-state index contributed by atoms with van der Waals surface area (Å²) in [5.74, 6) is -0.404. The van der Waals surface area contributed by atoms with Crippen LogP contribution in [0.2, 0.25) is 0 Å². The largest absolute Gasteiger partial charge is 0.387 e. The predicted octanol–water partition coefficient (Wildman–Crippen LogP) is 2.82. The summed E-state index contributed by atoms with van der Waals surface area (Å²) < 4.78 is 0. The lowest BCUT2D eigenvalue weighted by molar-refractivity contribution is 0.100. The second kappa shape index (κ2) is 8.08. The Morgan fingerprint density at radius 2 is 1.75 bits per heavy atom. The molecule has 0 aliphatic heterocycles. The second-order valence-corrected chi connectivity index (χ2v) is 6.75. The molecule has 128 valence electrons. The quantitative estimate of drug-likeness (QED) is 0.698. The van der Waals surface area contributed by atoms with Crippen LogP contribution in [0, 0.1) is 0 Å². The minimum Gasteiger partial charge on any atom is -0.387 e. The number of benzene rings is 2. The van der Waals surface area contributed by atoms with E-state index in [0.717, 1.165) is 18.4 Å². The van der Waals surface area contributed by atoms with Gasteiger partial charge in [0, 0.05) is 17.6 Å². The first-order valence-corrected chi connectivity index (χ1v) is 8.24. The van der Waals surface area contributed by atoms with Crippen molar-refractivity contribution in [3.05, 3.63) is 71.3 Å². The highest BCUT2D eigenvalue weighted by Gasteiger charge is 2.19. The van der Waals surface area contributed by atoms with Crippen molar-refractivity contribution < 1.29 is 9.90 Å². The molecule has 2 rings (SSSR count). The molecule has 0 aliphatic rings. The maximum absolute atomic E-state index is 11.1. The summed E-state index contributed by atoms with van der Waals surface area (Å²) in [6.07, 6.45) is 1.30. The van der Waals surface area contributed by atoms with Gasteiger partial charge >= 0.3 is 0 Å². The summed E-state index contributed by atoms with van der Waals surface area (Å²) >= 11 is 0. The fraction of sp³-hybridized carbons (Fsp3) is 0.350. The Morgan fingerprint density at radius 3 is 2.33 bits per heavy atom. The second-order valence-electron chi connectivity index (χ2n) is 6.75. The zero-order valence-electron chi connectivity index (χ0n) is 14.3. The highest BCUT2D eigenvalue weighted by Crippen LogP contribution is 2.17. The molecule has 2 aromatic rings. The van der Waals surface area contributed by atoms with Crippen LogP contribution < -0.4 is 11.1 Å².